The molecule has 9 nitrogen and oxygen atoms in total. The molecule has 1 aliphatic heterocycles. The van der Waals surface area contributed by atoms with Crippen LogP contribution in [0.2, 0.25) is 0 Å². The lowest BCUT2D eigenvalue weighted by atomic mass is 9.91. The molecule has 0 aromatic heterocycles. The van der Waals surface area contributed by atoms with Crippen LogP contribution in [-0.4, -0.2) is 75.3 Å². The van der Waals surface area contributed by atoms with Crippen molar-refractivity contribution in [1.29, 1.82) is 0 Å². The summed E-state index contributed by atoms with van der Waals surface area (Å²) in [7, 11) is 1.59. The number of methoxy groups -OCH3 is 1. The van der Waals surface area contributed by atoms with Crippen molar-refractivity contribution >= 4 is 40.8 Å². The predicted octanol–water partition coefficient (Wildman–Crippen LogP) is 3.44. The second-order valence-electron chi connectivity index (χ2n) is 10.8. The normalized spacial score (nSPS) is 21.0. The van der Waals surface area contributed by atoms with E-state index in [0.717, 1.165) is 17.1 Å². The van der Waals surface area contributed by atoms with Gasteiger partial charge in [0.15, 0.2) is 0 Å². The number of hydrogen-bond donors (Lipinski definition) is 2. The molecule has 3 atom stereocenters. The first-order valence-corrected chi connectivity index (χ1v) is 15.8. The van der Waals surface area contributed by atoms with Crippen molar-refractivity contribution in [3.63, 3.8) is 0 Å². The van der Waals surface area contributed by atoms with Gasteiger partial charge in [-0.05, 0) is 74.2 Å². The van der Waals surface area contributed by atoms with E-state index in [1.807, 2.05) is 24.3 Å². The summed E-state index contributed by atoms with van der Waals surface area (Å²) in [6, 6.07) is 6.55. The second kappa shape index (κ2) is 14.3. The molecule has 11 heteroatoms. The Kier molecular flexibility index (Phi) is 11.5. The van der Waals surface area contributed by atoms with Crippen molar-refractivity contribution in [2.24, 2.45) is 5.92 Å². The van der Waals surface area contributed by atoms with Crippen LogP contribution in [-0.2, 0) is 32.0 Å². The van der Waals surface area contributed by atoms with Crippen LogP contribution in [0.5, 0.6) is 5.75 Å². The average Bonchev–Trinajstić information content (AvgIpc) is 3.28. The van der Waals surface area contributed by atoms with Gasteiger partial charge in [0.2, 0.25) is 5.91 Å². The number of rotatable bonds is 10. The second-order valence-corrected chi connectivity index (χ2v) is 13.5. The van der Waals surface area contributed by atoms with Crippen LogP contribution in [0.1, 0.15) is 58.4 Å². The van der Waals surface area contributed by atoms with Crippen molar-refractivity contribution in [2.75, 3.05) is 30.9 Å². The molecule has 1 aromatic rings. The minimum atomic E-state index is -1.58. The number of amides is 3. The fourth-order valence-electron chi connectivity index (χ4n) is 4.52. The Hall–Kier alpha value is -2.11. The van der Waals surface area contributed by atoms with Crippen molar-refractivity contribution in [3.05, 3.63) is 29.8 Å². The summed E-state index contributed by atoms with van der Waals surface area (Å²) < 4.78 is 23.3. The van der Waals surface area contributed by atoms with Gasteiger partial charge in [-0.3, -0.25) is 9.59 Å². The van der Waals surface area contributed by atoms with Gasteiger partial charge in [0, 0.05) is 12.3 Å². The number of hydrogen-bond acceptors (Lipinski definition) is 7. The Bertz CT molecular complexity index is 934. The summed E-state index contributed by atoms with van der Waals surface area (Å²) in [5, 5.41) is 4.51. The van der Waals surface area contributed by atoms with E-state index in [4.69, 9.17) is 9.47 Å². The van der Waals surface area contributed by atoms with Crippen LogP contribution < -0.4 is 15.4 Å². The van der Waals surface area contributed by atoms with Crippen LogP contribution in [0.15, 0.2) is 24.3 Å². The lowest BCUT2D eigenvalue weighted by Gasteiger charge is -2.28. The molecule has 2 N–H and O–H groups in total. The smallest absolute Gasteiger partial charge is 0.414 e. The molecule has 2 fully saturated rings. The highest BCUT2D eigenvalue weighted by Gasteiger charge is 2.47. The molecule has 0 bridgehead atoms. The standard InChI is InChI=1S/C27H41N3O6S2/c1-27(2,3)36-26(33)30-14-15-38(34)25(30)24(32)29-22(18-37-17-20-8-6-5-7-9-20)23(31)28-16-19-10-12-21(35-4)13-11-19/h10-13,20,22,25H,5-9,14-18H2,1-4H3,(H,28,31)(H,29,32)/t22-,25?,38?/m0/s1. The van der Waals surface area contributed by atoms with E-state index in [1.165, 1.54) is 37.0 Å². The number of nitrogens with zero attached hydrogens (tertiary/aromatic N) is 1. The number of benzene rings is 1. The lowest BCUT2D eigenvalue weighted by Crippen LogP contribution is -2.56. The van der Waals surface area contributed by atoms with Gasteiger partial charge in [-0.2, -0.15) is 11.8 Å². The average molecular weight is 568 g/mol. The number of ether oxygens (including phenoxy) is 2. The van der Waals surface area contributed by atoms with Crippen LogP contribution in [0.25, 0.3) is 0 Å². The molecule has 1 saturated carbocycles. The third-order valence-corrected chi connectivity index (χ3v) is 9.37. The first kappa shape index (κ1) is 30.4. The molecule has 0 spiro atoms. The molecule has 212 valence electrons. The van der Waals surface area contributed by atoms with Gasteiger partial charge in [0.25, 0.3) is 11.3 Å². The molecule has 1 aromatic carbocycles. The third-order valence-electron chi connectivity index (χ3n) is 6.54. The zero-order chi connectivity index (χ0) is 27.7. The van der Waals surface area contributed by atoms with Crippen molar-refractivity contribution in [2.45, 2.75) is 76.4 Å². The fourth-order valence-corrected chi connectivity index (χ4v) is 7.17. The summed E-state index contributed by atoms with van der Waals surface area (Å²) in [5.74, 6) is 1.93. The molecule has 0 radical (unpaired) electrons. The zero-order valence-electron chi connectivity index (χ0n) is 22.8. The van der Waals surface area contributed by atoms with Crippen molar-refractivity contribution < 1.29 is 28.4 Å². The van der Waals surface area contributed by atoms with Crippen LogP contribution in [0.3, 0.4) is 0 Å². The molecule has 1 saturated heterocycles. The largest absolute Gasteiger partial charge is 0.614 e. The zero-order valence-corrected chi connectivity index (χ0v) is 24.5. The van der Waals surface area contributed by atoms with Gasteiger partial charge in [-0.25, -0.2) is 9.69 Å². The fraction of sp³-hybridized carbons (Fsp3) is 0.667. The summed E-state index contributed by atoms with van der Waals surface area (Å²) >= 11 is 0.0669. The molecule has 3 rings (SSSR count). The summed E-state index contributed by atoms with van der Waals surface area (Å²) in [6.45, 7) is 5.66. The van der Waals surface area contributed by atoms with Gasteiger partial charge in [0.05, 0.1) is 13.7 Å². The van der Waals surface area contributed by atoms with Crippen molar-refractivity contribution in [3.8, 4) is 5.75 Å². The Labute approximate surface area is 233 Å². The van der Waals surface area contributed by atoms with E-state index < -0.39 is 40.2 Å². The van der Waals surface area contributed by atoms with Crippen LogP contribution >= 0.6 is 11.8 Å². The highest BCUT2D eigenvalue weighted by molar-refractivity contribution is 7.99. The van der Waals surface area contributed by atoms with E-state index in [-0.39, 0.29) is 18.2 Å². The van der Waals surface area contributed by atoms with E-state index in [0.29, 0.717) is 18.2 Å². The maximum Gasteiger partial charge on any atom is 0.414 e. The monoisotopic (exact) mass is 567 g/mol. The Morgan fingerprint density at radius 2 is 1.84 bits per heavy atom. The van der Waals surface area contributed by atoms with Crippen LogP contribution in [0, 0.1) is 5.92 Å². The number of thioether (sulfide) groups is 1. The highest BCUT2D eigenvalue weighted by Crippen LogP contribution is 2.27. The summed E-state index contributed by atoms with van der Waals surface area (Å²) in [4.78, 5) is 40.4. The van der Waals surface area contributed by atoms with Gasteiger partial charge in [-0.15, -0.1) is 0 Å². The quantitative estimate of drug-likeness (QED) is 0.416. The number of carbonyl (C=O) groups excluding carboxylic acids is 3. The van der Waals surface area contributed by atoms with Crippen LogP contribution in [0.4, 0.5) is 4.79 Å². The first-order valence-electron chi connectivity index (χ1n) is 13.2. The maximum absolute atomic E-state index is 13.3. The SMILES string of the molecule is COc1ccc(CNC(=O)[C@H](CSCC2CCCCC2)NC(=O)C2N(C(=O)OC(C)(C)C)CC[S+]2[O-])cc1. The van der Waals surface area contributed by atoms with Gasteiger partial charge < -0.3 is 24.7 Å². The topological polar surface area (TPSA) is 120 Å². The molecule has 1 aliphatic carbocycles. The molecule has 3 amide bonds. The molecule has 2 unspecified atom stereocenters. The minimum absolute atomic E-state index is 0.157. The molecular weight excluding hydrogens is 526 g/mol. The molecular formula is C27H41N3O6S2. The summed E-state index contributed by atoms with van der Waals surface area (Å²) in [6.07, 6.45) is 5.46. The van der Waals surface area contributed by atoms with Gasteiger partial charge in [0.1, 0.15) is 23.1 Å². The number of carbonyl (C=O) groups is 3. The molecule has 2 aliphatic rings. The highest BCUT2D eigenvalue weighted by atomic mass is 32.2. The predicted molar refractivity (Wildman–Crippen MR) is 150 cm³/mol. The van der Waals surface area contributed by atoms with Gasteiger partial charge in [-0.1, -0.05) is 31.4 Å². The van der Waals surface area contributed by atoms with Crippen molar-refractivity contribution in [1.82, 2.24) is 15.5 Å². The molecule has 1 heterocycles. The van der Waals surface area contributed by atoms with E-state index in [2.05, 4.69) is 10.6 Å². The van der Waals surface area contributed by atoms with E-state index in [1.54, 1.807) is 39.6 Å². The Morgan fingerprint density at radius 1 is 1.16 bits per heavy atom. The number of nitrogens with one attached hydrogen (secondary N) is 2. The Morgan fingerprint density at radius 3 is 2.47 bits per heavy atom. The lowest BCUT2D eigenvalue weighted by molar-refractivity contribution is -0.129. The third kappa shape index (κ3) is 9.27. The van der Waals surface area contributed by atoms with Gasteiger partial charge >= 0.3 is 6.09 Å². The first-order chi connectivity index (χ1) is 18.1. The minimum Gasteiger partial charge on any atom is -0.614 e. The Balaban J connectivity index is 1.65. The maximum atomic E-state index is 13.3. The molecule has 38 heavy (non-hydrogen) atoms. The summed E-state index contributed by atoms with van der Waals surface area (Å²) in [5.41, 5.74) is 0.147. The van der Waals surface area contributed by atoms with E-state index in [9.17, 15) is 18.9 Å². The van der Waals surface area contributed by atoms with E-state index >= 15 is 0 Å².